The maximum atomic E-state index is 14.8. The van der Waals surface area contributed by atoms with Crippen molar-refractivity contribution in [3.8, 4) is 6.07 Å². The fourth-order valence-electron chi connectivity index (χ4n) is 5.38. The van der Waals surface area contributed by atoms with Crippen molar-refractivity contribution in [2.45, 2.75) is 147 Å². The van der Waals surface area contributed by atoms with Gasteiger partial charge in [-0.3, -0.25) is 0 Å². The van der Waals surface area contributed by atoms with Gasteiger partial charge in [0.15, 0.2) is 0 Å². The maximum absolute atomic E-state index is 14.8. The van der Waals surface area contributed by atoms with E-state index in [1.807, 2.05) is 6.20 Å². The third-order valence-corrected chi connectivity index (χ3v) is 9.11. The topological polar surface area (TPSA) is 104 Å². The Morgan fingerprint density at radius 1 is 1.04 bits per heavy atom. The van der Waals surface area contributed by atoms with E-state index in [2.05, 4.69) is 99.1 Å². The lowest BCUT2D eigenvalue weighted by atomic mass is 9.89. The van der Waals surface area contributed by atoms with Gasteiger partial charge in [0.05, 0.1) is 24.4 Å². The summed E-state index contributed by atoms with van der Waals surface area (Å²) >= 11 is 0. The molecule has 0 saturated carbocycles. The molecule has 0 spiro atoms. The number of hydrogen-bond donors (Lipinski definition) is 2. The number of aromatic nitrogens is 3. The predicted octanol–water partition coefficient (Wildman–Crippen LogP) is 11.8. The second-order valence-electron chi connectivity index (χ2n) is 13.5. The summed E-state index contributed by atoms with van der Waals surface area (Å²) in [6.07, 6.45) is 16.1. The Kier molecular flexibility index (Phi) is 22.3. The van der Waals surface area contributed by atoms with Gasteiger partial charge in [-0.2, -0.15) is 5.26 Å². The van der Waals surface area contributed by atoms with Crippen molar-refractivity contribution in [1.29, 1.82) is 5.26 Å². The van der Waals surface area contributed by atoms with E-state index in [9.17, 15) is 9.65 Å². The van der Waals surface area contributed by atoms with Gasteiger partial charge < -0.3 is 20.4 Å². The van der Waals surface area contributed by atoms with Gasteiger partial charge in [0.25, 0.3) is 0 Å². The lowest BCUT2D eigenvalue weighted by Gasteiger charge is -2.20. The van der Waals surface area contributed by atoms with Gasteiger partial charge in [-0.05, 0) is 54.0 Å². The molecule has 1 saturated heterocycles. The standard InChI is InChI=1S/C24H24FN6OP.C7H16.2C4H10.C3H8/c1-3-17(25)21-18(13(8-26)23(27)29-21)12(2)19-16-11-32-10-15(16)14-9-28-24(30-20(14)22(19)33)31-6-4-5-7-31;1-4-5-6-7(2)3;2*1-3-4-2;1-3-2/h3,9,29H,2,4-7,10-11,27,33H2,1H3;7H,4-6H2,1-3H3;2*3-4H2,1-2H3;3H2,1-2H3/b17-3+;;;;. The number of anilines is 2. The first-order valence-corrected chi connectivity index (χ1v) is 19.9. The minimum absolute atomic E-state index is 0.110. The zero-order valence-electron chi connectivity index (χ0n) is 33.6. The summed E-state index contributed by atoms with van der Waals surface area (Å²) in [6, 6.07) is 2.10. The highest BCUT2D eigenvalue weighted by atomic mass is 31.0. The van der Waals surface area contributed by atoms with Gasteiger partial charge in [-0.1, -0.05) is 120 Å². The molecule has 284 valence electrons. The Bertz CT molecular complexity index is 1560. The minimum atomic E-state index is -0.503. The summed E-state index contributed by atoms with van der Waals surface area (Å²) in [5.74, 6) is 1.21. The van der Waals surface area contributed by atoms with Crippen molar-refractivity contribution in [3.05, 3.63) is 52.4 Å². The SMILES string of the molecule is C=C(c1c(/C(F)=C\C)[nH]c(N)c1C#N)c1c2c(c3cnc(N4CCCC4)nc3c1P)COC2.CCC.CCCC.CCCC.CCCCC(C)C. The fourth-order valence-corrected chi connectivity index (χ4v) is 5.95. The molecule has 1 atom stereocenters. The molecule has 2 aliphatic heterocycles. The first-order valence-electron chi connectivity index (χ1n) is 19.3. The lowest BCUT2D eigenvalue weighted by molar-refractivity contribution is 0.135. The Balaban J connectivity index is 0.000000602. The van der Waals surface area contributed by atoms with Crippen molar-refractivity contribution < 1.29 is 9.13 Å². The second kappa shape index (κ2) is 24.8. The number of fused-ring (bicyclic) bond motifs is 3. The molecule has 2 aliphatic rings. The average Bonchev–Trinajstić information content (AvgIpc) is 3.92. The van der Waals surface area contributed by atoms with Gasteiger partial charge >= 0.3 is 0 Å². The number of nitrogens with zero attached hydrogens (tertiary/aromatic N) is 4. The first-order chi connectivity index (χ1) is 24.5. The molecule has 2 aromatic heterocycles. The van der Waals surface area contributed by atoms with E-state index in [1.165, 1.54) is 57.4 Å². The molecule has 0 amide bonds. The molecular formula is C42H68FN6OP. The quantitative estimate of drug-likeness (QED) is 0.213. The van der Waals surface area contributed by atoms with Gasteiger partial charge in [-0.25, -0.2) is 14.4 Å². The van der Waals surface area contributed by atoms with Crippen LogP contribution in [0.3, 0.4) is 0 Å². The van der Waals surface area contributed by atoms with E-state index in [0.29, 0.717) is 30.3 Å². The van der Waals surface area contributed by atoms with Crippen LogP contribution in [0.1, 0.15) is 167 Å². The van der Waals surface area contributed by atoms with Crippen LogP contribution in [0, 0.1) is 17.2 Å². The molecule has 1 fully saturated rings. The highest BCUT2D eigenvalue weighted by molar-refractivity contribution is 7.28. The largest absolute Gasteiger partial charge is 0.384 e. The van der Waals surface area contributed by atoms with E-state index in [1.54, 1.807) is 6.92 Å². The Morgan fingerprint density at radius 2 is 1.61 bits per heavy atom. The number of hydrogen-bond acceptors (Lipinski definition) is 6. The van der Waals surface area contributed by atoms with E-state index < -0.39 is 5.83 Å². The van der Waals surface area contributed by atoms with Crippen molar-refractivity contribution in [1.82, 2.24) is 15.0 Å². The lowest BCUT2D eigenvalue weighted by Crippen LogP contribution is -2.21. The van der Waals surface area contributed by atoms with Crippen LogP contribution in [-0.4, -0.2) is 28.0 Å². The molecule has 0 aliphatic carbocycles. The summed E-state index contributed by atoms with van der Waals surface area (Å²) in [5, 5.41) is 11.5. The van der Waals surface area contributed by atoms with Gasteiger partial charge in [0, 0.05) is 35.5 Å². The number of unbranched alkanes of at least 4 members (excludes halogenated alkanes) is 3. The van der Waals surface area contributed by atoms with Crippen LogP contribution in [0.2, 0.25) is 0 Å². The van der Waals surface area contributed by atoms with Crippen LogP contribution < -0.4 is 15.9 Å². The molecule has 0 bridgehead atoms. The fraction of sp³-hybridized carbons (Fsp3) is 0.595. The average molecular weight is 723 g/mol. The molecule has 1 unspecified atom stereocenters. The van der Waals surface area contributed by atoms with Gasteiger partial charge in [0.1, 0.15) is 23.3 Å². The molecule has 1 aromatic carbocycles. The normalized spacial score (nSPS) is 13.2. The zero-order chi connectivity index (χ0) is 38.5. The molecule has 9 heteroatoms. The highest BCUT2D eigenvalue weighted by Gasteiger charge is 2.29. The van der Waals surface area contributed by atoms with E-state index in [-0.39, 0.29) is 17.1 Å². The van der Waals surface area contributed by atoms with Crippen LogP contribution >= 0.6 is 9.24 Å². The summed E-state index contributed by atoms with van der Waals surface area (Å²) in [4.78, 5) is 14.5. The molecule has 3 N–H and O–H groups in total. The maximum Gasteiger partial charge on any atom is 0.225 e. The number of nitriles is 1. The van der Waals surface area contributed by atoms with Gasteiger partial charge in [-0.15, -0.1) is 9.24 Å². The van der Waals surface area contributed by atoms with Crippen LogP contribution in [-0.2, 0) is 18.0 Å². The number of H-pyrrole nitrogens is 1. The number of allylic oxidation sites excluding steroid dienone is 1. The Hall–Kier alpha value is -3.27. The number of benzene rings is 1. The summed E-state index contributed by atoms with van der Waals surface area (Å²) in [7, 11) is 2.77. The van der Waals surface area contributed by atoms with E-state index in [4.69, 9.17) is 15.5 Å². The molecule has 3 aromatic rings. The van der Waals surface area contributed by atoms with Crippen LogP contribution in [0.25, 0.3) is 22.3 Å². The second-order valence-corrected chi connectivity index (χ2v) is 14.1. The highest BCUT2D eigenvalue weighted by Crippen LogP contribution is 2.40. The summed E-state index contributed by atoms with van der Waals surface area (Å²) < 4.78 is 20.5. The summed E-state index contributed by atoms with van der Waals surface area (Å²) in [5.41, 5.74) is 10.7. The van der Waals surface area contributed by atoms with Crippen LogP contribution in [0.4, 0.5) is 16.2 Å². The summed E-state index contributed by atoms with van der Waals surface area (Å²) in [6.45, 7) is 28.3. The van der Waals surface area contributed by atoms with Gasteiger partial charge in [0.2, 0.25) is 5.95 Å². The monoisotopic (exact) mass is 723 g/mol. The Morgan fingerprint density at radius 3 is 2.08 bits per heavy atom. The minimum Gasteiger partial charge on any atom is -0.384 e. The molecule has 4 heterocycles. The number of aromatic amines is 1. The Labute approximate surface area is 312 Å². The predicted molar refractivity (Wildman–Crippen MR) is 223 cm³/mol. The first kappa shape index (κ1) is 45.8. The molecular weight excluding hydrogens is 654 g/mol. The molecule has 51 heavy (non-hydrogen) atoms. The molecule has 5 rings (SSSR count). The molecule has 7 nitrogen and oxygen atoms in total. The van der Waals surface area contributed by atoms with Crippen molar-refractivity contribution in [2.24, 2.45) is 5.92 Å². The van der Waals surface area contributed by atoms with Crippen molar-refractivity contribution in [3.63, 3.8) is 0 Å². The van der Waals surface area contributed by atoms with E-state index >= 15 is 0 Å². The van der Waals surface area contributed by atoms with Crippen LogP contribution in [0.15, 0.2) is 18.9 Å². The number of nitrogens with two attached hydrogens (primary N) is 1. The number of rotatable bonds is 9. The number of nitrogens with one attached hydrogen (secondary N) is 1. The number of ether oxygens (including phenoxy) is 1. The van der Waals surface area contributed by atoms with Crippen LogP contribution in [0.5, 0.6) is 0 Å². The zero-order valence-corrected chi connectivity index (χ0v) is 34.7. The smallest absolute Gasteiger partial charge is 0.225 e. The van der Waals surface area contributed by atoms with E-state index in [0.717, 1.165) is 64.7 Å². The third-order valence-electron chi connectivity index (χ3n) is 8.55. The number of halogens is 1. The number of nitrogen functional groups attached to an aromatic ring is 1. The van der Waals surface area contributed by atoms with Crippen molar-refractivity contribution >= 4 is 48.6 Å². The van der Waals surface area contributed by atoms with Crippen molar-refractivity contribution in [2.75, 3.05) is 23.7 Å². The third kappa shape index (κ3) is 13.0. The molecule has 0 radical (unpaired) electrons.